The molecule has 0 unspecified atom stereocenters. The standard InChI is InChI=1S/C8H12N2O2S/c1-4-12-7(11)6-5(2)13-8(9-3)10-6/h4H2,1-3H3,(H,9,10). The first kappa shape index (κ1) is 9.98. The summed E-state index contributed by atoms with van der Waals surface area (Å²) in [5.74, 6) is -0.349. The van der Waals surface area contributed by atoms with E-state index in [1.54, 1.807) is 14.0 Å². The number of nitrogens with zero attached hydrogens (tertiary/aromatic N) is 1. The Balaban J connectivity index is 2.87. The van der Waals surface area contributed by atoms with E-state index in [0.717, 1.165) is 10.0 Å². The third-order valence-electron chi connectivity index (χ3n) is 1.48. The van der Waals surface area contributed by atoms with E-state index in [1.165, 1.54) is 11.3 Å². The van der Waals surface area contributed by atoms with Crippen LogP contribution < -0.4 is 5.32 Å². The maximum absolute atomic E-state index is 11.3. The normalized spacial score (nSPS) is 9.77. The maximum atomic E-state index is 11.3. The summed E-state index contributed by atoms with van der Waals surface area (Å²) in [6.07, 6.45) is 0. The molecule has 0 aliphatic rings. The van der Waals surface area contributed by atoms with Gasteiger partial charge in [-0.15, -0.1) is 11.3 Å². The number of carbonyl (C=O) groups is 1. The highest BCUT2D eigenvalue weighted by Crippen LogP contribution is 2.21. The molecule has 0 aliphatic heterocycles. The summed E-state index contributed by atoms with van der Waals surface area (Å²) in [5.41, 5.74) is 0.413. The van der Waals surface area contributed by atoms with E-state index in [4.69, 9.17) is 4.74 Å². The summed E-state index contributed by atoms with van der Waals surface area (Å²) >= 11 is 1.45. The van der Waals surface area contributed by atoms with Gasteiger partial charge in [0.15, 0.2) is 10.8 Å². The van der Waals surface area contributed by atoms with Crippen molar-refractivity contribution in [3.8, 4) is 0 Å². The molecule has 4 nitrogen and oxygen atoms in total. The van der Waals surface area contributed by atoms with E-state index in [0.29, 0.717) is 12.3 Å². The average molecular weight is 200 g/mol. The lowest BCUT2D eigenvalue weighted by Crippen LogP contribution is -2.06. The molecular formula is C8H12N2O2S. The molecular weight excluding hydrogens is 188 g/mol. The third-order valence-corrected chi connectivity index (χ3v) is 2.47. The molecule has 0 radical (unpaired) electrons. The maximum Gasteiger partial charge on any atom is 0.358 e. The number of anilines is 1. The summed E-state index contributed by atoms with van der Waals surface area (Å²) in [6, 6.07) is 0. The molecule has 0 saturated heterocycles. The Bertz CT molecular complexity index is 309. The molecule has 0 fully saturated rings. The van der Waals surface area contributed by atoms with E-state index < -0.39 is 0 Å². The number of ether oxygens (including phenoxy) is 1. The Morgan fingerprint density at radius 2 is 2.38 bits per heavy atom. The van der Waals surface area contributed by atoms with Crippen LogP contribution in [0.15, 0.2) is 0 Å². The van der Waals surface area contributed by atoms with Crippen molar-refractivity contribution in [3.63, 3.8) is 0 Å². The number of carbonyl (C=O) groups excluding carboxylic acids is 1. The summed E-state index contributed by atoms with van der Waals surface area (Å²) in [5, 5.41) is 3.62. The highest BCUT2D eigenvalue weighted by atomic mass is 32.1. The minimum absolute atomic E-state index is 0.349. The van der Waals surface area contributed by atoms with Gasteiger partial charge in [-0.25, -0.2) is 9.78 Å². The van der Waals surface area contributed by atoms with Gasteiger partial charge in [0.1, 0.15) is 0 Å². The molecule has 0 atom stereocenters. The van der Waals surface area contributed by atoms with Crippen molar-refractivity contribution in [1.82, 2.24) is 4.98 Å². The summed E-state index contributed by atoms with van der Waals surface area (Å²) < 4.78 is 4.84. The number of aryl methyl sites for hydroxylation is 1. The number of nitrogens with one attached hydrogen (secondary N) is 1. The Morgan fingerprint density at radius 1 is 1.69 bits per heavy atom. The lowest BCUT2D eigenvalue weighted by atomic mass is 10.4. The predicted octanol–water partition coefficient (Wildman–Crippen LogP) is 1.67. The van der Waals surface area contributed by atoms with Crippen molar-refractivity contribution >= 4 is 22.4 Å². The fourth-order valence-electron chi connectivity index (χ4n) is 0.892. The molecule has 1 rings (SSSR count). The molecule has 0 bridgehead atoms. The fraction of sp³-hybridized carbons (Fsp3) is 0.500. The van der Waals surface area contributed by atoms with Crippen LogP contribution in [0.5, 0.6) is 0 Å². The average Bonchev–Trinajstić information content (AvgIpc) is 2.47. The molecule has 13 heavy (non-hydrogen) atoms. The van der Waals surface area contributed by atoms with Crippen molar-refractivity contribution in [2.24, 2.45) is 0 Å². The van der Waals surface area contributed by atoms with E-state index in [2.05, 4.69) is 10.3 Å². The topological polar surface area (TPSA) is 51.2 Å². The number of esters is 1. The zero-order chi connectivity index (χ0) is 9.84. The summed E-state index contributed by atoms with van der Waals surface area (Å²) in [4.78, 5) is 16.2. The second-order valence-corrected chi connectivity index (χ2v) is 3.60. The predicted molar refractivity (Wildman–Crippen MR) is 52.4 cm³/mol. The molecule has 1 heterocycles. The van der Waals surface area contributed by atoms with Crippen molar-refractivity contribution in [3.05, 3.63) is 10.6 Å². The van der Waals surface area contributed by atoms with Gasteiger partial charge in [-0.05, 0) is 13.8 Å². The van der Waals surface area contributed by atoms with Crippen LogP contribution in [0.3, 0.4) is 0 Å². The first-order chi connectivity index (χ1) is 6.19. The Hall–Kier alpha value is -1.10. The Labute approximate surface area is 80.9 Å². The van der Waals surface area contributed by atoms with E-state index in [1.807, 2.05) is 6.92 Å². The summed E-state index contributed by atoms with van der Waals surface area (Å²) in [6.45, 7) is 4.01. The molecule has 5 heteroatoms. The Morgan fingerprint density at radius 3 is 2.85 bits per heavy atom. The molecule has 0 amide bonds. The first-order valence-corrected chi connectivity index (χ1v) is 4.83. The summed E-state index contributed by atoms with van der Waals surface area (Å²) in [7, 11) is 1.77. The van der Waals surface area contributed by atoms with Crippen LogP contribution in [0.25, 0.3) is 0 Å². The van der Waals surface area contributed by atoms with Crippen molar-refractivity contribution in [2.75, 3.05) is 19.0 Å². The van der Waals surface area contributed by atoms with Crippen molar-refractivity contribution in [1.29, 1.82) is 0 Å². The molecule has 0 aromatic carbocycles. The van der Waals surface area contributed by atoms with E-state index >= 15 is 0 Å². The Kier molecular flexibility index (Phi) is 3.25. The van der Waals surface area contributed by atoms with Crippen LogP contribution in [0, 0.1) is 6.92 Å². The molecule has 0 saturated carbocycles. The fourth-order valence-corrected chi connectivity index (χ4v) is 1.65. The zero-order valence-corrected chi connectivity index (χ0v) is 8.70. The lowest BCUT2D eigenvalue weighted by molar-refractivity contribution is 0.0520. The van der Waals surface area contributed by atoms with E-state index in [-0.39, 0.29) is 5.97 Å². The number of hydrogen-bond acceptors (Lipinski definition) is 5. The van der Waals surface area contributed by atoms with Gasteiger partial charge >= 0.3 is 5.97 Å². The van der Waals surface area contributed by atoms with Gasteiger partial charge in [0.05, 0.1) is 6.61 Å². The van der Waals surface area contributed by atoms with Crippen LogP contribution in [-0.4, -0.2) is 24.6 Å². The monoisotopic (exact) mass is 200 g/mol. The molecule has 1 N–H and O–H groups in total. The SMILES string of the molecule is CCOC(=O)c1nc(NC)sc1C. The van der Waals surface area contributed by atoms with Crippen LogP contribution in [0.4, 0.5) is 5.13 Å². The second kappa shape index (κ2) is 4.23. The molecule has 0 aliphatic carbocycles. The quantitative estimate of drug-likeness (QED) is 0.754. The van der Waals surface area contributed by atoms with Crippen molar-refractivity contribution < 1.29 is 9.53 Å². The number of rotatable bonds is 3. The zero-order valence-electron chi connectivity index (χ0n) is 7.88. The smallest absolute Gasteiger partial charge is 0.358 e. The van der Waals surface area contributed by atoms with Gasteiger partial charge in [0.2, 0.25) is 0 Å². The van der Waals surface area contributed by atoms with Crippen LogP contribution >= 0.6 is 11.3 Å². The van der Waals surface area contributed by atoms with Gasteiger partial charge < -0.3 is 10.1 Å². The largest absolute Gasteiger partial charge is 0.461 e. The third kappa shape index (κ3) is 2.18. The minimum atomic E-state index is -0.349. The van der Waals surface area contributed by atoms with Gasteiger partial charge in [0.25, 0.3) is 0 Å². The van der Waals surface area contributed by atoms with Gasteiger partial charge in [-0.2, -0.15) is 0 Å². The van der Waals surface area contributed by atoms with Gasteiger partial charge in [-0.3, -0.25) is 0 Å². The van der Waals surface area contributed by atoms with Crippen LogP contribution in [-0.2, 0) is 4.74 Å². The second-order valence-electron chi connectivity index (χ2n) is 2.39. The molecule has 1 aromatic heterocycles. The number of thiazole rings is 1. The van der Waals surface area contributed by atoms with Gasteiger partial charge in [-0.1, -0.05) is 0 Å². The van der Waals surface area contributed by atoms with Crippen molar-refractivity contribution in [2.45, 2.75) is 13.8 Å². The lowest BCUT2D eigenvalue weighted by Gasteiger charge is -1.97. The highest BCUT2D eigenvalue weighted by Gasteiger charge is 2.15. The molecule has 0 spiro atoms. The molecule has 1 aromatic rings. The highest BCUT2D eigenvalue weighted by molar-refractivity contribution is 7.15. The number of aromatic nitrogens is 1. The number of hydrogen-bond donors (Lipinski definition) is 1. The first-order valence-electron chi connectivity index (χ1n) is 4.01. The van der Waals surface area contributed by atoms with E-state index in [9.17, 15) is 4.79 Å². The van der Waals surface area contributed by atoms with Crippen LogP contribution in [0.1, 0.15) is 22.3 Å². The van der Waals surface area contributed by atoms with Crippen LogP contribution in [0.2, 0.25) is 0 Å². The molecule has 72 valence electrons. The minimum Gasteiger partial charge on any atom is -0.461 e. The van der Waals surface area contributed by atoms with Gasteiger partial charge in [0, 0.05) is 11.9 Å².